The second kappa shape index (κ2) is 6.66. The monoisotopic (exact) mass is 251 g/mol. The first-order valence-electron chi connectivity index (χ1n) is 4.73. The number of rotatable bonds is 4. The Bertz CT molecular complexity index is 334. The van der Waals surface area contributed by atoms with E-state index in [4.69, 9.17) is 10.5 Å². The van der Waals surface area contributed by atoms with E-state index in [2.05, 4.69) is 0 Å². The maximum absolute atomic E-state index is 12.1. The maximum atomic E-state index is 12.1. The molecule has 0 aromatic heterocycles. The Balaban J connectivity index is 0.00000225. The van der Waals surface area contributed by atoms with Gasteiger partial charge in [0.25, 0.3) is 0 Å². The third-order valence-corrected chi connectivity index (χ3v) is 2.31. The van der Waals surface area contributed by atoms with Crippen molar-refractivity contribution in [3.8, 4) is 5.75 Å². The van der Waals surface area contributed by atoms with Crippen LogP contribution in [0.2, 0.25) is 0 Å². The van der Waals surface area contributed by atoms with E-state index in [0.717, 1.165) is 11.1 Å². The summed E-state index contributed by atoms with van der Waals surface area (Å²) in [6, 6.07) is 4.64. The van der Waals surface area contributed by atoms with Crippen LogP contribution in [-0.4, -0.2) is 13.5 Å². The SMILES string of the molecule is COc1ccc([C@@H](N)CC(F)F)c(C)c1.Cl. The van der Waals surface area contributed by atoms with Crippen LogP contribution in [0.25, 0.3) is 0 Å². The molecule has 2 N–H and O–H groups in total. The molecule has 0 unspecified atom stereocenters. The highest BCUT2D eigenvalue weighted by Gasteiger charge is 2.14. The summed E-state index contributed by atoms with van der Waals surface area (Å²) < 4.78 is 29.3. The standard InChI is InChI=1S/C11H15F2NO.ClH/c1-7-5-8(15-2)3-4-9(7)10(14)6-11(12)13;/h3-5,10-11H,6,14H2,1-2H3;1H/t10-;/m0./s1. The van der Waals surface area contributed by atoms with Crippen LogP contribution in [0.5, 0.6) is 5.75 Å². The summed E-state index contributed by atoms with van der Waals surface area (Å²) in [5, 5.41) is 0. The van der Waals surface area contributed by atoms with Crippen molar-refractivity contribution in [3.05, 3.63) is 29.3 Å². The fourth-order valence-electron chi connectivity index (χ4n) is 1.51. The van der Waals surface area contributed by atoms with E-state index in [1.54, 1.807) is 25.3 Å². The van der Waals surface area contributed by atoms with Gasteiger partial charge in [-0.3, -0.25) is 0 Å². The van der Waals surface area contributed by atoms with Gasteiger partial charge in [0, 0.05) is 12.5 Å². The van der Waals surface area contributed by atoms with Crippen LogP contribution in [0, 0.1) is 6.92 Å². The highest BCUT2D eigenvalue weighted by molar-refractivity contribution is 5.85. The van der Waals surface area contributed by atoms with Crippen molar-refractivity contribution >= 4 is 12.4 Å². The zero-order valence-corrected chi connectivity index (χ0v) is 10.1. The minimum atomic E-state index is -2.37. The van der Waals surface area contributed by atoms with Gasteiger partial charge < -0.3 is 10.5 Å². The van der Waals surface area contributed by atoms with Crippen molar-refractivity contribution < 1.29 is 13.5 Å². The van der Waals surface area contributed by atoms with Crippen LogP contribution in [0.1, 0.15) is 23.6 Å². The van der Waals surface area contributed by atoms with E-state index in [1.165, 1.54) is 0 Å². The minimum absolute atomic E-state index is 0. The molecule has 0 fully saturated rings. The summed E-state index contributed by atoms with van der Waals surface area (Å²) in [5.74, 6) is 0.709. The molecule has 2 nitrogen and oxygen atoms in total. The number of nitrogens with two attached hydrogens (primary N) is 1. The number of halogens is 3. The first-order chi connectivity index (χ1) is 7.04. The number of aryl methyl sites for hydroxylation is 1. The predicted molar refractivity (Wildman–Crippen MR) is 62.5 cm³/mol. The van der Waals surface area contributed by atoms with Crippen LogP contribution in [-0.2, 0) is 0 Å². The van der Waals surface area contributed by atoms with Gasteiger partial charge in [0.15, 0.2) is 0 Å². The van der Waals surface area contributed by atoms with Crippen molar-refractivity contribution in [1.82, 2.24) is 0 Å². The largest absolute Gasteiger partial charge is 0.497 e. The Kier molecular flexibility index (Phi) is 6.29. The molecule has 0 aliphatic heterocycles. The molecule has 0 aliphatic rings. The molecule has 0 bridgehead atoms. The predicted octanol–water partition coefficient (Wildman–Crippen LogP) is 3.08. The van der Waals surface area contributed by atoms with Crippen LogP contribution in [0.15, 0.2) is 18.2 Å². The average molecular weight is 252 g/mol. The van der Waals surface area contributed by atoms with Crippen molar-refractivity contribution in [3.63, 3.8) is 0 Å². The van der Waals surface area contributed by atoms with E-state index >= 15 is 0 Å². The molecule has 0 amide bonds. The lowest BCUT2D eigenvalue weighted by Crippen LogP contribution is -2.15. The summed E-state index contributed by atoms with van der Waals surface area (Å²) in [5.41, 5.74) is 7.29. The van der Waals surface area contributed by atoms with Gasteiger partial charge in [-0.25, -0.2) is 8.78 Å². The fraction of sp³-hybridized carbons (Fsp3) is 0.455. The zero-order chi connectivity index (χ0) is 11.4. The molecule has 1 aromatic carbocycles. The summed E-state index contributed by atoms with van der Waals surface area (Å²) in [6.07, 6.45) is -2.69. The first-order valence-corrected chi connectivity index (χ1v) is 4.73. The van der Waals surface area contributed by atoms with Crippen molar-refractivity contribution in [2.45, 2.75) is 25.8 Å². The molecule has 1 atom stereocenters. The molecular weight excluding hydrogens is 236 g/mol. The molecule has 0 aliphatic carbocycles. The molecule has 0 saturated heterocycles. The minimum Gasteiger partial charge on any atom is -0.497 e. The highest BCUT2D eigenvalue weighted by atomic mass is 35.5. The zero-order valence-electron chi connectivity index (χ0n) is 9.24. The molecule has 92 valence electrons. The van der Waals surface area contributed by atoms with Crippen molar-refractivity contribution in [2.75, 3.05) is 7.11 Å². The number of methoxy groups -OCH3 is 1. The lowest BCUT2D eigenvalue weighted by molar-refractivity contribution is 0.128. The smallest absolute Gasteiger partial charge is 0.240 e. The summed E-state index contributed by atoms with van der Waals surface area (Å²) in [6.45, 7) is 1.84. The quantitative estimate of drug-likeness (QED) is 0.893. The Morgan fingerprint density at radius 3 is 2.44 bits per heavy atom. The maximum Gasteiger partial charge on any atom is 0.240 e. The molecule has 1 rings (SSSR count). The molecule has 1 aromatic rings. The fourth-order valence-corrected chi connectivity index (χ4v) is 1.51. The van der Waals surface area contributed by atoms with Gasteiger partial charge in [-0.15, -0.1) is 12.4 Å². The van der Waals surface area contributed by atoms with Crippen molar-refractivity contribution in [2.24, 2.45) is 5.73 Å². The Morgan fingerprint density at radius 2 is 2.00 bits per heavy atom. The number of benzene rings is 1. The Labute approximate surface area is 100 Å². The first kappa shape index (κ1) is 15.1. The van der Waals surface area contributed by atoms with Crippen LogP contribution >= 0.6 is 12.4 Å². The normalized spacial score (nSPS) is 12.1. The second-order valence-electron chi connectivity index (χ2n) is 3.46. The number of alkyl halides is 2. The topological polar surface area (TPSA) is 35.2 Å². The van der Waals surface area contributed by atoms with Gasteiger partial charge >= 0.3 is 0 Å². The van der Waals surface area contributed by atoms with Crippen molar-refractivity contribution in [1.29, 1.82) is 0 Å². The van der Waals surface area contributed by atoms with E-state index in [-0.39, 0.29) is 18.8 Å². The molecule has 5 heteroatoms. The van der Waals surface area contributed by atoms with E-state index < -0.39 is 12.5 Å². The second-order valence-corrected chi connectivity index (χ2v) is 3.46. The molecule has 0 saturated carbocycles. The summed E-state index contributed by atoms with van der Waals surface area (Å²) in [4.78, 5) is 0. The summed E-state index contributed by atoms with van der Waals surface area (Å²) >= 11 is 0. The van der Waals surface area contributed by atoms with E-state index in [0.29, 0.717) is 5.75 Å². The lowest BCUT2D eigenvalue weighted by Gasteiger charge is -2.14. The van der Waals surface area contributed by atoms with Gasteiger partial charge in [-0.1, -0.05) is 6.07 Å². The molecule has 16 heavy (non-hydrogen) atoms. The third-order valence-electron chi connectivity index (χ3n) is 2.31. The average Bonchev–Trinajstić information content (AvgIpc) is 2.16. The Morgan fingerprint density at radius 1 is 1.38 bits per heavy atom. The summed E-state index contributed by atoms with van der Waals surface area (Å²) in [7, 11) is 1.56. The van der Waals surface area contributed by atoms with Crippen LogP contribution in [0.4, 0.5) is 8.78 Å². The number of ether oxygens (including phenoxy) is 1. The van der Waals surface area contributed by atoms with Gasteiger partial charge in [-0.05, 0) is 30.2 Å². The third kappa shape index (κ3) is 3.94. The van der Waals surface area contributed by atoms with Gasteiger partial charge in [0.05, 0.1) is 7.11 Å². The van der Waals surface area contributed by atoms with Gasteiger partial charge in [0.1, 0.15) is 5.75 Å². The molecule has 0 spiro atoms. The van der Waals surface area contributed by atoms with E-state index in [1.807, 2.05) is 6.92 Å². The lowest BCUT2D eigenvalue weighted by atomic mass is 9.99. The molecular formula is C11H16ClF2NO. The van der Waals surface area contributed by atoms with Gasteiger partial charge in [0.2, 0.25) is 6.43 Å². The van der Waals surface area contributed by atoms with Crippen LogP contribution in [0.3, 0.4) is 0 Å². The molecule has 0 heterocycles. The van der Waals surface area contributed by atoms with E-state index in [9.17, 15) is 8.78 Å². The Hall–Kier alpha value is -0.870. The highest BCUT2D eigenvalue weighted by Crippen LogP contribution is 2.24. The number of hydrogen-bond acceptors (Lipinski definition) is 2. The molecule has 0 radical (unpaired) electrons. The number of hydrogen-bond donors (Lipinski definition) is 1. The van der Waals surface area contributed by atoms with Gasteiger partial charge in [-0.2, -0.15) is 0 Å². The van der Waals surface area contributed by atoms with Crippen LogP contribution < -0.4 is 10.5 Å².